The third-order valence-corrected chi connectivity index (χ3v) is 4.57. The van der Waals surface area contributed by atoms with Gasteiger partial charge in [0.2, 0.25) is 0 Å². The molecule has 1 aromatic rings. The summed E-state index contributed by atoms with van der Waals surface area (Å²) in [5, 5.41) is 3.51. The molecule has 4 nitrogen and oxygen atoms in total. The number of nitrogens with one attached hydrogen (secondary N) is 1. The molecule has 1 N–H and O–H groups in total. The van der Waals surface area contributed by atoms with Crippen molar-refractivity contribution < 1.29 is 9.47 Å². The van der Waals surface area contributed by atoms with Crippen LogP contribution in [-0.4, -0.2) is 49.3 Å². The second-order valence-corrected chi connectivity index (χ2v) is 6.47. The lowest BCUT2D eigenvalue weighted by Gasteiger charge is -2.38. The summed E-state index contributed by atoms with van der Waals surface area (Å²) in [7, 11) is 0. The molecule has 4 heteroatoms. The van der Waals surface area contributed by atoms with Crippen LogP contribution in [0.3, 0.4) is 0 Å². The normalized spacial score (nSPS) is 37.8. The highest BCUT2D eigenvalue weighted by Crippen LogP contribution is 2.34. The van der Waals surface area contributed by atoms with Crippen molar-refractivity contribution in [1.82, 2.24) is 10.2 Å². The summed E-state index contributed by atoms with van der Waals surface area (Å²) < 4.78 is 12.2. The Morgan fingerprint density at radius 1 is 1.29 bits per heavy atom. The number of hydrogen-bond acceptors (Lipinski definition) is 4. The zero-order valence-corrected chi connectivity index (χ0v) is 13.2. The van der Waals surface area contributed by atoms with E-state index in [-0.39, 0.29) is 6.10 Å². The molecule has 0 bridgehead atoms. The number of hydrogen-bond donors (Lipinski definition) is 1. The van der Waals surface area contributed by atoms with Gasteiger partial charge in [0.15, 0.2) is 5.79 Å². The van der Waals surface area contributed by atoms with Crippen LogP contribution in [0, 0.1) is 0 Å². The van der Waals surface area contributed by atoms with Gasteiger partial charge >= 0.3 is 0 Å². The van der Waals surface area contributed by atoms with Crippen LogP contribution < -0.4 is 5.32 Å². The predicted octanol–water partition coefficient (Wildman–Crippen LogP) is 1.96. The highest BCUT2D eigenvalue weighted by atomic mass is 16.7. The number of ether oxygens (including phenoxy) is 2. The van der Waals surface area contributed by atoms with E-state index in [2.05, 4.69) is 36.2 Å². The minimum atomic E-state index is -0.602. The summed E-state index contributed by atoms with van der Waals surface area (Å²) in [5.41, 5.74) is 1.09. The van der Waals surface area contributed by atoms with Gasteiger partial charge in [-0.3, -0.25) is 4.90 Å². The van der Waals surface area contributed by atoms with Gasteiger partial charge in [0.25, 0.3) is 0 Å². The van der Waals surface area contributed by atoms with Gasteiger partial charge in [-0.1, -0.05) is 30.3 Å². The van der Waals surface area contributed by atoms with Gasteiger partial charge in [0.05, 0.1) is 12.7 Å². The number of rotatable bonds is 3. The molecule has 0 aromatic heterocycles. The first-order valence-corrected chi connectivity index (χ1v) is 7.91. The molecule has 2 fully saturated rings. The molecule has 4 atom stereocenters. The fraction of sp³-hybridized carbons (Fsp3) is 0.647. The minimum Gasteiger partial charge on any atom is -0.343 e. The Morgan fingerprint density at radius 3 is 2.81 bits per heavy atom. The summed E-state index contributed by atoms with van der Waals surface area (Å²) in [6.45, 7) is 10.2. The van der Waals surface area contributed by atoms with Gasteiger partial charge in [-0.2, -0.15) is 0 Å². The van der Waals surface area contributed by atoms with Crippen molar-refractivity contribution in [3.05, 3.63) is 35.9 Å². The van der Waals surface area contributed by atoms with Crippen molar-refractivity contribution in [3.8, 4) is 0 Å². The van der Waals surface area contributed by atoms with Gasteiger partial charge in [-0.15, -0.1) is 0 Å². The fourth-order valence-corrected chi connectivity index (χ4v) is 3.23. The molecule has 116 valence electrons. The summed E-state index contributed by atoms with van der Waals surface area (Å²) in [6, 6.07) is 11.3. The Morgan fingerprint density at radius 2 is 2.05 bits per heavy atom. The van der Waals surface area contributed by atoms with Crippen molar-refractivity contribution in [2.45, 2.75) is 44.7 Å². The van der Waals surface area contributed by atoms with Crippen LogP contribution >= 0.6 is 0 Å². The molecule has 0 spiro atoms. The standard InChI is InChI=1S/C17H26N2O2/c1-13-10-19(14(2)9-18-13)11-16-12-20-17(3,21-16)15-7-5-4-6-8-15/h4-8,13-14,16,18H,9-12H2,1-3H3. The molecule has 21 heavy (non-hydrogen) atoms. The van der Waals surface area contributed by atoms with Crippen molar-refractivity contribution in [2.75, 3.05) is 26.2 Å². The van der Waals surface area contributed by atoms with E-state index in [1.165, 1.54) is 0 Å². The molecule has 0 aliphatic carbocycles. The van der Waals surface area contributed by atoms with Gasteiger partial charge in [0, 0.05) is 37.3 Å². The third-order valence-electron chi connectivity index (χ3n) is 4.57. The van der Waals surface area contributed by atoms with E-state index >= 15 is 0 Å². The number of nitrogens with zero attached hydrogens (tertiary/aromatic N) is 1. The second kappa shape index (κ2) is 6.05. The highest BCUT2D eigenvalue weighted by molar-refractivity contribution is 5.20. The topological polar surface area (TPSA) is 33.7 Å². The lowest BCUT2D eigenvalue weighted by Crippen LogP contribution is -2.56. The van der Waals surface area contributed by atoms with Gasteiger partial charge in [0.1, 0.15) is 0 Å². The van der Waals surface area contributed by atoms with Crippen molar-refractivity contribution >= 4 is 0 Å². The Hall–Kier alpha value is -0.940. The maximum atomic E-state index is 6.24. The molecule has 4 unspecified atom stereocenters. The molecule has 2 aliphatic heterocycles. The van der Waals surface area contributed by atoms with Crippen LogP contribution in [0.1, 0.15) is 26.3 Å². The van der Waals surface area contributed by atoms with Gasteiger partial charge in [-0.05, 0) is 20.8 Å². The number of benzene rings is 1. The maximum absolute atomic E-state index is 6.24. The van der Waals surface area contributed by atoms with Crippen LogP contribution in [0.5, 0.6) is 0 Å². The van der Waals surface area contributed by atoms with Crippen LogP contribution in [0.15, 0.2) is 30.3 Å². The first-order chi connectivity index (χ1) is 10.1. The third kappa shape index (κ3) is 3.29. The largest absolute Gasteiger partial charge is 0.343 e. The number of piperazine rings is 1. The summed E-state index contributed by atoms with van der Waals surface area (Å²) in [5.74, 6) is -0.602. The molecule has 0 radical (unpaired) electrons. The molecule has 0 saturated carbocycles. The zero-order valence-electron chi connectivity index (χ0n) is 13.2. The van der Waals surface area contributed by atoms with Crippen molar-refractivity contribution in [3.63, 3.8) is 0 Å². The lowest BCUT2D eigenvalue weighted by atomic mass is 10.1. The SMILES string of the molecule is CC1CN(CC2COC(C)(c3ccccc3)O2)C(C)CN1. The van der Waals surface area contributed by atoms with Gasteiger partial charge in [-0.25, -0.2) is 0 Å². The van der Waals surface area contributed by atoms with E-state index in [4.69, 9.17) is 9.47 Å². The molecular formula is C17H26N2O2. The quantitative estimate of drug-likeness (QED) is 0.922. The summed E-state index contributed by atoms with van der Waals surface area (Å²) in [4.78, 5) is 2.51. The first kappa shape index (κ1) is 15.0. The molecule has 2 heterocycles. The van der Waals surface area contributed by atoms with Crippen LogP contribution in [0.25, 0.3) is 0 Å². The fourth-order valence-electron chi connectivity index (χ4n) is 3.23. The zero-order chi connectivity index (χ0) is 14.9. The maximum Gasteiger partial charge on any atom is 0.192 e. The van der Waals surface area contributed by atoms with Crippen molar-refractivity contribution in [1.29, 1.82) is 0 Å². The monoisotopic (exact) mass is 290 g/mol. The second-order valence-electron chi connectivity index (χ2n) is 6.47. The Kier molecular flexibility index (Phi) is 4.31. The summed E-state index contributed by atoms with van der Waals surface area (Å²) >= 11 is 0. The Labute approximate surface area is 127 Å². The summed E-state index contributed by atoms with van der Waals surface area (Å²) in [6.07, 6.45) is 0.142. The minimum absolute atomic E-state index is 0.142. The van der Waals surface area contributed by atoms with E-state index in [1.54, 1.807) is 0 Å². The molecular weight excluding hydrogens is 264 g/mol. The first-order valence-electron chi connectivity index (χ1n) is 7.91. The average Bonchev–Trinajstić information content (AvgIpc) is 2.87. The van der Waals surface area contributed by atoms with Gasteiger partial charge < -0.3 is 14.8 Å². The van der Waals surface area contributed by atoms with E-state index in [0.717, 1.165) is 25.2 Å². The Balaban J connectivity index is 1.62. The van der Waals surface area contributed by atoms with Crippen LogP contribution in [-0.2, 0) is 15.3 Å². The lowest BCUT2D eigenvalue weighted by molar-refractivity contribution is -0.164. The van der Waals surface area contributed by atoms with Crippen LogP contribution in [0.2, 0.25) is 0 Å². The van der Waals surface area contributed by atoms with Crippen LogP contribution in [0.4, 0.5) is 0 Å². The predicted molar refractivity (Wildman–Crippen MR) is 83.1 cm³/mol. The molecule has 2 aliphatic rings. The van der Waals surface area contributed by atoms with E-state index in [1.807, 2.05) is 25.1 Å². The van der Waals surface area contributed by atoms with E-state index in [0.29, 0.717) is 18.7 Å². The molecule has 0 amide bonds. The Bertz CT molecular complexity index is 467. The molecule has 3 rings (SSSR count). The molecule has 2 saturated heterocycles. The van der Waals surface area contributed by atoms with Crippen molar-refractivity contribution in [2.24, 2.45) is 0 Å². The highest BCUT2D eigenvalue weighted by Gasteiger charge is 2.40. The molecule has 1 aromatic carbocycles. The van der Waals surface area contributed by atoms with E-state index in [9.17, 15) is 0 Å². The average molecular weight is 290 g/mol. The smallest absolute Gasteiger partial charge is 0.192 e. The van der Waals surface area contributed by atoms with E-state index < -0.39 is 5.79 Å².